The van der Waals surface area contributed by atoms with Crippen LogP contribution in [0.3, 0.4) is 0 Å². The number of nitrogens with zero attached hydrogens (tertiary/aromatic N) is 2. The molecule has 0 aromatic heterocycles. The van der Waals surface area contributed by atoms with E-state index in [9.17, 15) is 18.0 Å². The minimum atomic E-state index is -3.56. The molecule has 1 N–H and O–H groups in total. The van der Waals surface area contributed by atoms with Crippen molar-refractivity contribution in [3.8, 4) is 5.75 Å². The number of ether oxygens (including phenoxy) is 1. The van der Waals surface area contributed by atoms with Crippen LogP contribution in [0.2, 0.25) is 0 Å². The summed E-state index contributed by atoms with van der Waals surface area (Å²) in [5.74, 6) is 0.271. The molecule has 0 spiro atoms. The maximum Gasteiger partial charge on any atom is 0.243 e. The number of carbonyl (C=O) groups excluding carboxylic acids is 2. The molecule has 37 heavy (non-hydrogen) atoms. The quantitative estimate of drug-likeness (QED) is 0.393. The zero-order valence-electron chi connectivity index (χ0n) is 22.9. The lowest BCUT2D eigenvalue weighted by atomic mass is 10.0. The van der Waals surface area contributed by atoms with Crippen molar-refractivity contribution < 1.29 is 22.7 Å². The zero-order valence-corrected chi connectivity index (χ0v) is 23.7. The summed E-state index contributed by atoms with van der Waals surface area (Å²) < 4.78 is 31.4. The first-order valence-corrected chi connectivity index (χ1v) is 14.6. The number of amides is 2. The molecule has 2 rings (SSSR count). The van der Waals surface area contributed by atoms with Gasteiger partial charge in [0.15, 0.2) is 0 Å². The molecule has 0 fully saturated rings. The van der Waals surface area contributed by atoms with Crippen LogP contribution < -0.4 is 14.4 Å². The molecule has 0 radical (unpaired) electrons. The second-order valence-corrected chi connectivity index (χ2v) is 11.2. The first-order chi connectivity index (χ1) is 17.5. The monoisotopic (exact) mass is 531 g/mol. The molecule has 2 amide bonds. The van der Waals surface area contributed by atoms with Gasteiger partial charge in [0.05, 0.1) is 19.1 Å². The Morgan fingerprint density at radius 2 is 1.68 bits per heavy atom. The van der Waals surface area contributed by atoms with Gasteiger partial charge in [-0.3, -0.25) is 13.9 Å². The highest BCUT2D eigenvalue weighted by Crippen LogP contribution is 2.23. The molecular weight excluding hydrogens is 490 g/mol. The van der Waals surface area contributed by atoms with E-state index in [-0.39, 0.29) is 30.8 Å². The average Bonchev–Trinajstić information content (AvgIpc) is 2.86. The Morgan fingerprint density at radius 1 is 1.03 bits per heavy atom. The SMILES string of the molecule is CC[C@H](C(=O)N[C@@H](C)CC)N(Cc1ccccc1C)C(=O)CCCN(c1ccc(OC)cc1)S(C)(=O)=O. The van der Waals surface area contributed by atoms with E-state index in [2.05, 4.69) is 5.32 Å². The standard InChI is InChI=1S/C28H41N3O5S/c1-7-22(4)29-28(33)26(8-2)30(20-23-13-10-9-12-21(23)3)27(32)14-11-19-31(37(6,34)35)24-15-17-25(36-5)18-16-24/h9-10,12-13,15-18,22,26H,7-8,11,14,19-20H2,1-6H3,(H,29,33)/t22-,26+/m0/s1. The van der Waals surface area contributed by atoms with E-state index in [1.165, 1.54) is 4.31 Å². The van der Waals surface area contributed by atoms with Crippen LogP contribution >= 0.6 is 0 Å². The summed E-state index contributed by atoms with van der Waals surface area (Å²) in [6.07, 6.45) is 2.84. The van der Waals surface area contributed by atoms with Crippen LogP contribution in [0.4, 0.5) is 5.69 Å². The summed E-state index contributed by atoms with van der Waals surface area (Å²) in [6.45, 7) is 8.28. The Hall–Kier alpha value is -3.07. The first kappa shape index (κ1) is 30.2. The van der Waals surface area contributed by atoms with Gasteiger partial charge < -0.3 is 15.0 Å². The van der Waals surface area contributed by atoms with E-state index in [0.717, 1.165) is 23.8 Å². The topological polar surface area (TPSA) is 96.0 Å². The van der Waals surface area contributed by atoms with Gasteiger partial charge in [-0.25, -0.2) is 8.42 Å². The van der Waals surface area contributed by atoms with Crippen molar-refractivity contribution in [3.05, 3.63) is 59.7 Å². The summed E-state index contributed by atoms with van der Waals surface area (Å²) in [7, 11) is -2.01. The fourth-order valence-electron chi connectivity index (χ4n) is 4.08. The van der Waals surface area contributed by atoms with Crippen molar-refractivity contribution in [2.75, 3.05) is 24.2 Å². The highest BCUT2D eigenvalue weighted by molar-refractivity contribution is 7.92. The van der Waals surface area contributed by atoms with E-state index >= 15 is 0 Å². The van der Waals surface area contributed by atoms with Crippen LogP contribution in [0.5, 0.6) is 5.75 Å². The number of sulfonamides is 1. The van der Waals surface area contributed by atoms with Gasteiger partial charge >= 0.3 is 0 Å². The first-order valence-electron chi connectivity index (χ1n) is 12.8. The maximum absolute atomic E-state index is 13.5. The Balaban J connectivity index is 2.23. The molecule has 0 aliphatic heterocycles. The highest BCUT2D eigenvalue weighted by Gasteiger charge is 2.29. The Labute approximate surface area is 222 Å². The van der Waals surface area contributed by atoms with Gasteiger partial charge in [-0.2, -0.15) is 0 Å². The number of rotatable bonds is 14. The van der Waals surface area contributed by atoms with Crippen molar-refractivity contribution in [2.24, 2.45) is 0 Å². The molecule has 0 saturated heterocycles. The minimum absolute atomic E-state index is 0.00443. The fourth-order valence-corrected chi connectivity index (χ4v) is 5.05. The molecular formula is C28H41N3O5S. The molecule has 204 valence electrons. The van der Waals surface area contributed by atoms with Gasteiger partial charge in [0.25, 0.3) is 0 Å². The predicted molar refractivity (Wildman–Crippen MR) is 148 cm³/mol. The molecule has 2 atom stereocenters. The summed E-state index contributed by atoms with van der Waals surface area (Å²) >= 11 is 0. The van der Waals surface area contributed by atoms with Crippen LogP contribution in [0.1, 0.15) is 57.6 Å². The van der Waals surface area contributed by atoms with Gasteiger partial charge in [0, 0.05) is 25.6 Å². The number of anilines is 1. The van der Waals surface area contributed by atoms with E-state index in [0.29, 0.717) is 30.8 Å². The average molecular weight is 532 g/mol. The lowest BCUT2D eigenvalue weighted by molar-refractivity contribution is -0.141. The maximum atomic E-state index is 13.5. The summed E-state index contributed by atoms with van der Waals surface area (Å²) in [5, 5.41) is 3.01. The van der Waals surface area contributed by atoms with Crippen LogP contribution in [0.15, 0.2) is 48.5 Å². The van der Waals surface area contributed by atoms with Gasteiger partial charge in [-0.1, -0.05) is 38.1 Å². The lowest BCUT2D eigenvalue weighted by Gasteiger charge is -2.32. The molecule has 0 heterocycles. The molecule has 0 aliphatic carbocycles. The lowest BCUT2D eigenvalue weighted by Crippen LogP contribution is -2.50. The largest absolute Gasteiger partial charge is 0.497 e. The zero-order chi connectivity index (χ0) is 27.6. The van der Waals surface area contributed by atoms with Crippen molar-refractivity contribution in [3.63, 3.8) is 0 Å². The van der Waals surface area contributed by atoms with E-state index in [1.54, 1.807) is 36.3 Å². The molecule has 0 aliphatic rings. The number of hydrogen-bond acceptors (Lipinski definition) is 5. The van der Waals surface area contributed by atoms with Gasteiger partial charge in [-0.05, 0) is 68.5 Å². The van der Waals surface area contributed by atoms with E-state index in [1.807, 2.05) is 52.0 Å². The third kappa shape index (κ3) is 8.77. The number of benzene rings is 2. The van der Waals surface area contributed by atoms with Crippen LogP contribution in [-0.2, 0) is 26.2 Å². The molecule has 8 nitrogen and oxygen atoms in total. The number of methoxy groups -OCH3 is 1. The normalized spacial score (nSPS) is 12.9. The van der Waals surface area contributed by atoms with Crippen LogP contribution in [0.25, 0.3) is 0 Å². The number of carbonyl (C=O) groups is 2. The molecule has 2 aromatic rings. The summed E-state index contributed by atoms with van der Waals surface area (Å²) in [5.41, 5.74) is 2.52. The molecule has 2 aromatic carbocycles. The Morgan fingerprint density at radius 3 is 2.22 bits per heavy atom. The summed E-state index contributed by atoms with van der Waals surface area (Å²) in [4.78, 5) is 28.3. The van der Waals surface area contributed by atoms with Crippen LogP contribution in [0, 0.1) is 6.92 Å². The highest BCUT2D eigenvalue weighted by atomic mass is 32.2. The Kier molecular flexibility index (Phi) is 11.4. The van der Waals surface area contributed by atoms with Gasteiger partial charge in [0.2, 0.25) is 21.8 Å². The molecule has 9 heteroatoms. The third-order valence-corrected chi connectivity index (χ3v) is 7.70. The fraction of sp³-hybridized carbons (Fsp3) is 0.500. The smallest absolute Gasteiger partial charge is 0.243 e. The van der Waals surface area contributed by atoms with Crippen LogP contribution in [-0.4, -0.2) is 57.1 Å². The molecule has 0 unspecified atom stereocenters. The number of hydrogen-bond donors (Lipinski definition) is 1. The van der Waals surface area contributed by atoms with E-state index in [4.69, 9.17) is 4.74 Å². The molecule has 0 bridgehead atoms. The molecule has 0 saturated carbocycles. The second kappa shape index (κ2) is 14.0. The van der Waals surface area contributed by atoms with Crippen molar-refractivity contribution in [1.29, 1.82) is 0 Å². The minimum Gasteiger partial charge on any atom is -0.497 e. The Bertz CT molecular complexity index is 1130. The van der Waals surface area contributed by atoms with Gasteiger partial charge in [0.1, 0.15) is 11.8 Å². The van der Waals surface area contributed by atoms with E-state index < -0.39 is 16.1 Å². The van der Waals surface area contributed by atoms with Crippen molar-refractivity contribution >= 4 is 27.5 Å². The predicted octanol–water partition coefficient (Wildman–Crippen LogP) is 4.27. The second-order valence-electron chi connectivity index (χ2n) is 9.33. The number of aryl methyl sites for hydroxylation is 1. The van der Waals surface area contributed by atoms with Gasteiger partial charge in [-0.15, -0.1) is 0 Å². The number of nitrogens with one attached hydrogen (secondary N) is 1. The third-order valence-electron chi connectivity index (χ3n) is 6.50. The van der Waals surface area contributed by atoms with Crippen molar-refractivity contribution in [1.82, 2.24) is 10.2 Å². The van der Waals surface area contributed by atoms with Crippen molar-refractivity contribution in [2.45, 2.75) is 72.0 Å². The summed E-state index contributed by atoms with van der Waals surface area (Å²) in [6, 6.07) is 14.0.